The Balaban J connectivity index is 1.87. The molecule has 0 unspecified atom stereocenters. The highest BCUT2D eigenvalue weighted by Crippen LogP contribution is 2.24. The average Bonchev–Trinajstić information content (AvgIpc) is 2.78. The van der Waals surface area contributed by atoms with E-state index in [2.05, 4.69) is 0 Å². The zero-order chi connectivity index (χ0) is 20.6. The van der Waals surface area contributed by atoms with Crippen LogP contribution in [0.3, 0.4) is 0 Å². The molecule has 3 aromatic rings. The highest BCUT2D eigenvalue weighted by Gasteiger charge is 2.15. The molecule has 142 valence electrons. The van der Waals surface area contributed by atoms with Gasteiger partial charge in [0.15, 0.2) is 0 Å². The van der Waals surface area contributed by atoms with Gasteiger partial charge in [0.05, 0.1) is 12.7 Å². The Labute approximate surface area is 168 Å². The van der Waals surface area contributed by atoms with Gasteiger partial charge in [-0.25, -0.2) is 4.79 Å². The molecular weight excluding hydrogens is 366 g/mol. The van der Waals surface area contributed by atoms with Crippen molar-refractivity contribution in [2.24, 2.45) is 0 Å². The molecule has 3 aromatic carbocycles. The molecular formula is C24H17NO4. The van der Waals surface area contributed by atoms with Crippen molar-refractivity contribution < 1.29 is 19.1 Å². The lowest BCUT2D eigenvalue weighted by molar-refractivity contribution is 0.0734. The molecule has 5 heteroatoms. The first-order chi connectivity index (χ1) is 14.1. The van der Waals surface area contributed by atoms with Gasteiger partial charge in [-0.2, -0.15) is 5.26 Å². The molecule has 0 aromatic heterocycles. The molecule has 0 spiro atoms. The fraction of sp³-hybridized carbons (Fsp3) is 0.0417. The summed E-state index contributed by atoms with van der Waals surface area (Å²) in [5, 5.41) is 9.46. The number of ketones is 1. The minimum absolute atomic E-state index is 0.0517. The average molecular weight is 383 g/mol. The Morgan fingerprint density at radius 2 is 1.52 bits per heavy atom. The maximum atomic E-state index is 12.6. The van der Waals surface area contributed by atoms with Crippen LogP contribution in [0.2, 0.25) is 0 Å². The molecule has 0 amide bonds. The number of nitriles is 1. The van der Waals surface area contributed by atoms with Gasteiger partial charge in [-0.3, -0.25) is 4.79 Å². The summed E-state index contributed by atoms with van der Waals surface area (Å²) in [7, 11) is 1.54. The van der Waals surface area contributed by atoms with E-state index in [9.17, 15) is 14.9 Å². The van der Waals surface area contributed by atoms with Gasteiger partial charge in [-0.05, 0) is 36.4 Å². The van der Waals surface area contributed by atoms with Crippen LogP contribution in [0.1, 0.15) is 26.3 Å². The predicted molar refractivity (Wildman–Crippen MR) is 109 cm³/mol. The zero-order valence-electron chi connectivity index (χ0n) is 15.7. The first-order valence-corrected chi connectivity index (χ1v) is 8.79. The predicted octanol–water partition coefficient (Wildman–Crippen LogP) is 4.70. The second-order valence-corrected chi connectivity index (χ2v) is 6.02. The lowest BCUT2D eigenvalue weighted by Crippen LogP contribution is -2.09. The number of hydrogen-bond donors (Lipinski definition) is 0. The molecule has 0 saturated carbocycles. The smallest absolute Gasteiger partial charge is 0.343 e. The van der Waals surface area contributed by atoms with Gasteiger partial charge in [0, 0.05) is 11.1 Å². The second-order valence-electron chi connectivity index (χ2n) is 6.02. The molecule has 0 aliphatic heterocycles. The molecule has 3 rings (SSSR count). The number of methoxy groups -OCH3 is 1. The van der Waals surface area contributed by atoms with E-state index in [1.807, 2.05) is 6.07 Å². The van der Waals surface area contributed by atoms with Crippen molar-refractivity contribution in [1.29, 1.82) is 5.26 Å². The van der Waals surface area contributed by atoms with Crippen LogP contribution in [-0.4, -0.2) is 18.9 Å². The number of nitrogens with zero attached hydrogens (tertiary/aromatic N) is 1. The Bertz CT molecular complexity index is 1090. The molecule has 0 saturated heterocycles. The Morgan fingerprint density at radius 3 is 2.17 bits per heavy atom. The van der Waals surface area contributed by atoms with Crippen molar-refractivity contribution >= 4 is 17.8 Å². The van der Waals surface area contributed by atoms with Crippen LogP contribution >= 0.6 is 0 Å². The quantitative estimate of drug-likeness (QED) is 0.203. The maximum Gasteiger partial charge on any atom is 0.343 e. The highest BCUT2D eigenvalue weighted by molar-refractivity contribution is 6.14. The van der Waals surface area contributed by atoms with Crippen LogP contribution in [0.4, 0.5) is 0 Å². The Hall–Kier alpha value is -4.17. The van der Waals surface area contributed by atoms with Gasteiger partial charge in [0.1, 0.15) is 23.1 Å². The Kier molecular flexibility index (Phi) is 6.18. The third-order valence-corrected chi connectivity index (χ3v) is 4.15. The van der Waals surface area contributed by atoms with Crippen LogP contribution < -0.4 is 9.47 Å². The number of carbonyl (C=O) groups is 2. The standard InChI is InChI=1S/C24H17NO4/c1-28-21-13-11-18(12-14-21)24(27)29-22-10-6-5-9-19(22)15-20(16-25)23(26)17-7-3-2-4-8-17/h2-15H,1H3/b20-15+. The van der Waals surface area contributed by atoms with Crippen LogP contribution in [0, 0.1) is 11.3 Å². The molecule has 0 bridgehead atoms. The maximum absolute atomic E-state index is 12.6. The van der Waals surface area contributed by atoms with Crippen LogP contribution in [-0.2, 0) is 0 Å². The van der Waals surface area contributed by atoms with Gasteiger partial charge in [-0.1, -0.05) is 48.5 Å². The summed E-state index contributed by atoms with van der Waals surface area (Å²) in [6.45, 7) is 0. The normalized spacial score (nSPS) is 10.7. The summed E-state index contributed by atoms with van der Waals surface area (Å²) in [5.41, 5.74) is 1.16. The van der Waals surface area contributed by atoms with E-state index >= 15 is 0 Å². The lowest BCUT2D eigenvalue weighted by atomic mass is 10.0. The lowest BCUT2D eigenvalue weighted by Gasteiger charge is -2.08. The number of carbonyl (C=O) groups excluding carboxylic acids is 2. The van der Waals surface area contributed by atoms with Gasteiger partial charge in [-0.15, -0.1) is 0 Å². The van der Waals surface area contributed by atoms with Crippen molar-refractivity contribution in [1.82, 2.24) is 0 Å². The van der Waals surface area contributed by atoms with E-state index in [4.69, 9.17) is 9.47 Å². The summed E-state index contributed by atoms with van der Waals surface area (Å²) in [6.07, 6.45) is 1.42. The number of Topliss-reactive ketones (excluding diaryl/α,β-unsaturated/α-hetero) is 1. The summed E-state index contributed by atoms with van der Waals surface area (Å²) < 4.78 is 10.6. The summed E-state index contributed by atoms with van der Waals surface area (Å²) in [6, 6.07) is 23.7. The molecule has 0 N–H and O–H groups in total. The summed E-state index contributed by atoms with van der Waals surface area (Å²) in [4.78, 5) is 25.0. The van der Waals surface area contributed by atoms with E-state index in [1.165, 1.54) is 6.08 Å². The molecule has 0 atom stereocenters. The second kappa shape index (κ2) is 9.16. The first-order valence-electron chi connectivity index (χ1n) is 8.79. The largest absolute Gasteiger partial charge is 0.497 e. The van der Waals surface area contributed by atoms with Crippen LogP contribution in [0.25, 0.3) is 6.08 Å². The number of ether oxygens (including phenoxy) is 2. The minimum Gasteiger partial charge on any atom is -0.497 e. The molecule has 0 aliphatic rings. The van der Waals surface area contributed by atoms with Crippen molar-refractivity contribution in [2.45, 2.75) is 0 Å². The molecule has 29 heavy (non-hydrogen) atoms. The van der Waals surface area contributed by atoms with E-state index in [1.54, 1.807) is 86.0 Å². The number of rotatable bonds is 6. The highest BCUT2D eigenvalue weighted by atomic mass is 16.5. The monoisotopic (exact) mass is 383 g/mol. The SMILES string of the molecule is COc1ccc(C(=O)Oc2ccccc2/C=C(\C#N)C(=O)c2ccccc2)cc1. The fourth-order valence-corrected chi connectivity index (χ4v) is 2.63. The van der Waals surface area contributed by atoms with Gasteiger partial charge < -0.3 is 9.47 Å². The fourth-order valence-electron chi connectivity index (χ4n) is 2.63. The molecule has 0 radical (unpaired) electrons. The van der Waals surface area contributed by atoms with Crippen molar-refractivity contribution in [2.75, 3.05) is 7.11 Å². The first kappa shape index (κ1) is 19.6. The molecule has 5 nitrogen and oxygen atoms in total. The molecule has 0 heterocycles. The number of allylic oxidation sites excluding steroid dienone is 1. The minimum atomic E-state index is -0.554. The third kappa shape index (κ3) is 4.76. The van der Waals surface area contributed by atoms with E-state index < -0.39 is 11.8 Å². The van der Waals surface area contributed by atoms with Crippen molar-refractivity contribution in [3.63, 3.8) is 0 Å². The Morgan fingerprint density at radius 1 is 0.862 bits per heavy atom. The van der Waals surface area contributed by atoms with E-state index in [-0.39, 0.29) is 11.3 Å². The number of benzene rings is 3. The van der Waals surface area contributed by atoms with E-state index in [0.29, 0.717) is 22.4 Å². The molecule has 0 aliphatic carbocycles. The zero-order valence-corrected chi connectivity index (χ0v) is 15.7. The third-order valence-electron chi connectivity index (χ3n) is 4.15. The summed E-state index contributed by atoms with van der Waals surface area (Å²) in [5.74, 6) is -0.0734. The molecule has 0 fully saturated rings. The van der Waals surface area contributed by atoms with Crippen LogP contribution in [0.5, 0.6) is 11.5 Å². The van der Waals surface area contributed by atoms with E-state index in [0.717, 1.165) is 0 Å². The van der Waals surface area contributed by atoms with Gasteiger partial charge >= 0.3 is 5.97 Å². The topological polar surface area (TPSA) is 76.4 Å². The van der Waals surface area contributed by atoms with Gasteiger partial charge in [0.25, 0.3) is 0 Å². The van der Waals surface area contributed by atoms with Crippen molar-refractivity contribution in [3.05, 3.63) is 101 Å². The summed E-state index contributed by atoms with van der Waals surface area (Å²) >= 11 is 0. The number of esters is 1. The number of para-hydroxylation sites is 1. The van der Waals surface area contributed by atoms with Gasteiger partial charge in [0.2, 0.25) is 5.78 Å². The van der Waals surface area contributed by atoms with Crippen LogP contribution in [0.15, 0.2) is 84.4 Å². The number of hydrogen-bond acceptors (Lipinski definition) is 5. The van der Waals surface area contributed by atoms with Crippen molar-refractivity contribution in [3.8, 4) is 17.6 Å².